The van der Waals surface area contributed by atoms with Crippen LogP contribution in [0.1, 0.15) is 85.5 Å². The van der Waals surface area contributed by atoms with Crippen LogP contribution >= 0.6 is 0 Å². The third-order valence-corrected chi connectivity index (χ3v) is 10.4. The average molecular weight is 371 g/mol. The lowest BCUT2D eigenvalue weighted by Crippen LogP contribution is -2.53. The van der Waals surface area contributed by atoms with E-state index in [1.165, 1.54) is 57.8 Å². The summed E-state index contributed by atoms with van der Waals surface area (Å²) in [4.78, 5) is 0. The molecule has 3 fully saturated rings. The zero-order chi connectivity index (χ0) is 19.4. The summed E-state index contributed by atoms with van der Waals surface area (Å²) >= 11 is 0. The highest BCUT2D eigenvalue weighted by molar-refractivity contribution is 5.26. The van der Waals surface area contributed by atoms with Crippen molar-refractivity contribution in [2.75, 3.05) is 7.11 Å². The highest BCUT2D eigenvalue weighted by atomic mass is 16.5. The van der Waals surface area contributed by atoms with Gasteiger partial charge in [0.2, 0.25) is 0 Å². The Morgan fingerprint density at radius 2 is 1.89 bits per heavy atom. The lowest BCUT2D eigenvalue weighted by Gasteiger charge is -2.60. The van der Waals surface area contributed by atoms with Gasteiger partial charge in [-0.15, -0.1) is 6.58 Å². The van der Waals surface area contributed by atoms with E-state index in [2.05, 4.69) is 46.4 Å². The molecule has 3 saturated carbocycles. The molecule has 0 heterocycles. The van der Waals surface area contributed by atoms with E-state index in [1.807, 2.05) is 7.11 Å². The molecule has 4 aliphatic carbocycles. The third-order valence-electron chi connectivity index (χ3n) is 10.4. The molecule has 0 aliphatic heterocycles. The van der Waals surface area contributed by atoms with Crippen LogP contribution in [0.2, 0.25) is 0 Å². The van der Waals surface area contributed by atoms with Crippen LogP contribution in [0.5, 0.6) is 0 Å². The van der Waals surface area contributed by atoms with Crippen molar-refractivity contribution >= 4 is 0 Å². The largest absolute Gasteiger partial charge is 0.381 e. The number of rotatable bonds is 4. The van der Waals surface area contributed by atoms with Crippen molar-refractivity contribution in [1.29, 1.82) is 0 Å². The molecule has 1 heteroatoms. The second-order valence-corrected chi connectivity index (χ2v) is 11.2. The van der Waals surface area contributed by atoms with Gasteiger partial charge >= 0.3 is 0 Å². The van der Waals surface area contributed by atoms with Crippen molar-refractivity contribution in [2.45, 2.75) is 91.6 Å². The van der Waals surface area contributed by atoms with Crippen LogP contribution in [0.25, 0.3) is 0 Å². The van der Waals surface area contributed by atoms with E-state index in [1.54, 1.807) is 5.57 Å². The summed E-state index contributed by atoms with van der Waals surface area (Å²) in [6.07, 6.45) is 17.4. The van der Waals surface area contributed by atoms with Gasteiger partial charge in [-0.3, -0.25) is 0 Å². The zero-order valence-corrected chi connectivity index (χ0v) is 18.5. The van der Waals surface area contributed by atoms with Gasteiger partial charge < -0.3 is 4.74 Å². The van der Waals surface area contributed by atoms with Gasteiger partial charge in [0.25, 0.3) is 0 Å². The third kappa shape index (κ3) is 2.59. The molecule has 0 radical (unpaired) electrons. The van der Waals surface area contributed by atoms with Crippen molar-refractivity contribution < 1.29 is 4.74 Å². The van der Waals surface area contributed by atoms with Crippen LogP contribution in [0, 0.1) is 39.9 Å². The smallest absolute Gasteiger partial charge is 0.0608 e. The Morgan fingerprint density at radius 1 is 1.15 bits per heavy atom. The molecule has 152 valence electrons. The van der Waals surface area contributed by atoms with Crippen molar-refractivity contribution in [3.8, 4) is 0 Å². The first-order valence-electron chi connectivity index (χ1n) is 11.7. The van der Waals surface area contributed by atoms with Crippen molar-refractivity contribution in [3.63, 3.8) is 0 Å². The highest BCUT2D eigenvalue weighted by Gasteiger charge is 2.63. The van der Waals surface area contributed by atoms with Gasteiger partial charge in [-0.1, -0.05) is 45.4 Å². The maximum Gasteiger partial charge on any atom is 0.0608 e. The molecule has 4 rings (SSSR count). The van der Waals surface area contributed by atoms with Crippen LogP contribution in [-0.4, -0.2) is 13.2 Å². The van der Waals surface area contributed by atoms with E-state index in [9.17, 15) is 0 Å². The number of fused-ring (bicyclic) bond motifs is 5. The second kappa shape index (κ2) is 6.75. The minimum absolute atomic E-state index is 0.445. The summed E-state index contributed by atoms with van der Waals surface area (Å²) < 4.78 is 5.74. The number of allylic oxidation sites excluding steroid dienone is 2. The van der Waals surface area contributed by atoms with Gasteiger partial charge in [0.05, 0.1) is 6.10 Å². The van der Waals surface area contributed by atoms with Crippen LogP contribution in [0.3, 0.4) is 0 Å². The minimum atomic E-state index is 0.445. The summed E-state index contributed by atoms with van der Waals surface area (Å²) in [5.74, 6) is 3.47. The van der Waals surface area contributed by atoms with Crippen LogP contribution in [0.4, 0.5) is 0 Å². The second-order valence-electron chi connectivity index (χ2n) is 11.2. The lowest BCUT2D eigenvalue weighted by atomic mass is 9.44. The van der Waals surface area contributed by atoms with Gasteiger partial charge in [0, 0.05) is 7.11 Å². The Kier molecular flexibility index (Phi) is 4.94. The van der Waals surface area contributed by atoms with Gasteiger partial charge in [0.1, 0.15) is 0 Å². The quantitative estimate of drug-likeness (QED) is 0.476. The predicted molar refractivity (Wildman–Crippen MR) is 115 cm³/mol. The van der Waals surface area contributed by atoms with E-state index in [4.69, 9.17) is 4.74 Å². The first-order chi connectivity index (χ1) is 12.8. The first kappa shape index (κ1) is 19.7. The molecule has 0 aromatic carbocycles. The number of ether oxygens (including phenoxy) is 1. The molecule has 27 heavy (non-hydrogen) atoms. The zero-order valence-electron chi connectivity index (χ0n) is 18.5. The standard InChI is InChI=1S/C26H42O/c1-7-13-26(18(2)3)16-12-23-21-9-8-19-17-20(27-6)10-14-24(19,4)22(21)11-15-25(23,26)5/h7-8,18,20-23H,1,9-17H2,2-6H3. The van der Waals surface area contributed by atoms with E-state index < -0.39 is 0 Å². The molecule has 7 unspecified atom stereocenters. The molecule has 0 spiro atoms. The van der Waals surface area contributed by atoms with Crippen molar-refractivity contribution in [2.24, 2.45) is 39.9 Å². The fraction of sp³-hybridized carbons (Fsp3) is 0.846. The summed E-state index contributed by atoms with van der Waals surface area (Å²) in [7, 11) is 1.90. The summed E-state index contributed by atoms with van der Waals surface area (Å²) in [5.41, 5.74) is 3.16. The SMILES string of the molecule is C=CCC1(C(C)C)CCC2C3CC=C4CC(OC)CCC4(C)C3CCC21C. The summed E-state index contributed by atoms with van der Waals surface area (Å²) in [6, 6.07) is 0. The molecule has 0 saturated heterocycles. The van der Waals surface area contributed by atoms with Gasteiger partial charge in [0.15, 0.2) is 0 Å². The number of methoxy groups -OCH3 is 1. The predicted octanol–water partition coefficient (Wildman–Crippen LogP) is 7.18. The average Bonchev–Trinajstić information content (AvgIpc) is 2.95. The molecule has 0 N–H and O–H groups in total. The Morgan fingerprint density at radius 3 is 2.56 bits per heavy atom. The van der Waals surface area contributed by atoms with Gasteiger partial charge in [-0.05, 0) is 97.7 Å². The molecule has 0 aromatic heterocycles. The maximum atomic E-state index is 5.74. The molecule has 0 amide bonds. The number of hydrogen-bond acceptors (Lipinski definition) is 1. The van der Waals surface area contributed by atoms with Gasteiger partial charge in [-0.25, -0.2) is 0 Å². The van der Waals surface area contributed by atoms with Gasteiger partial charge in [-0.2, -0.15) is 0 Å². The first-order valence-corrected chi connectivity index (χ1v) is 11.7. The van der Waals surface area contributed by atoms with Crippen molar-refractivity contribution in [3.05, 3.63) is 24.3 Å². The molecule has 7 atom stereocenters. The topological polar surface area (TPSA) is 9.23 Å². The molecular weight excluding hydrogens is 328 g/mol. The molecule has 4 aliphatic rings. The van der Waals surface area contributed by atoms with Crippen LogP contribution in [-0.2, 0) is 4.74 Å². The van der Waals surface area contributed by atoms with E-state index in [0.29, 0.717) is 22.3 Å². The summed E-state index contributed by atoms with van der Waals surface area (Å²) in [6.45, 7) is 14.4. The van der Waals surface area contributed by atoms with E-state index >= 15 is 0 Å². The fourth-order valence-corrected chi connectivity index (χ4v) is 8.77. The Hall–Kier alpha value is -0.560. The molecule has 0 bridgehead atoms. The van der Waals surface area contributed by atoms with E-state index in [0.717, 1.165) is 23.7 Å². The maximum absolute atomic E-state index is 5.74. The van der Waals surface area contributed by atoms with Crippen molar-refractivity contribution in [1.82, 2.24) is 0 Å². The molecular formula is C26H42O. The Balaban J connectivity index is 1.66. The minimum Gasteiger partial charge on any atom is -0.381 e. The van der Waals surface area contributed by atoms with E-state index in [-0.39, 0.29) is 0 Å². The Bertz CT molecular complexity index is 618. The monoisotopic (exact) mass is 370 g/mol. The Labute approximate surface area is 168 Å². The number of hydrogen-bond donors (Lipinski definition) is 0. The fourth-order valence-electron chi connectivity index (χ4n) is 8.77. The van der Waals surface area contributed by atoms with Crippen LogP contribution < -0.4 is 0 Å². The highest BCUT2D eigenvalue weighted by Crippen LogP contribution is 2.72. The lowest BCUT2D eigenvalue weighted by molar-refractivity contribution is -0.0924. The normalized spacial score (nSPS) is 49.2. The summed E-state index contributed by atoms with van der Waals surface area (Å²) in [5, 5.41) is 0. The molecule has 1 nitrogen and oxygen atoms in total. The van der Waals surface area contributed by atoms with Crippen LogP contribution in [0.15, 0.2) is 24.3 Å². The molecule has 0 aromatic rings.